The third-order valence-electron chi connectivity index (χ3n) is 3.42. The van der Waals surface area contributed by atoms with E-state index in [9.17, 15) is 14.4 Å². The van der Waals surface area contributed by atoms with E-state index < -0.39 is 12.0 Å². The quantitative estimate of drug-likeness (QED) is 0.685. The molecule has 0 aliphatic heterocycles. The van der Waals surface area contributed by atoms with Gasteiger partial charge in [-0.15, -0.1) is 0 Å². The number of anilines is 2. The molecule has 0 spiro atoms. The molecular formula is C18H22N4O5. The first kappa shape index (κ1) is 20.1. The van der Waals surface area contributed by atoms with Crippen LogP contribution in [-0.2, 0) is 16.0 Å². The van der Waals surface area contributed by atoms with Crippen molar-refractivity contribution in [2.45, 2.75) is 19.9 Å². The van der Waals surface area contributed by atoms with E-state index in [1.54, 1.807) is 24.3 Å². The van der Waals surface area contributed by atoms with Crippen molar-refractivity contribution < 1.29 is 19.1 Å². The largest absolute Gasteiger partial charge is 0.447 e. The maximum absolute atomic E-state index is 12.4. The Kier molecular flexibility index (Phi) is 7.50. The molecule has 1 aromatic heterocycles. The van der Waals surface area contributed by atoms with Crippen molar-refractivity contribution in [2.75, 3.05) is 31.0 Å². The van der Waals surface area contributed by atoms with Crippen LogP contribution in [0, 0.1) is 0 Å². The molecular weight excluding hydrogens is 352 g/mol. The van der Waals surface area contributed by atoms with E-state index in [1.807, 2.05) is 6.92 Å². The molecule has 0 atom stereocenters. The number of hydrogen-bond donors (Lipinski definition) is 2. The zero-order chi connectivity index (χ0) is 19.6. The number of nitrogens with one attached hydrogen (secondary N) is 2. The highest BCUT2D eigenvalue weighted by Gasteiger charge is 2.11. The smallest absolute Gasteiger partial charge is 0.411 e. The minimum Gasteiger partial charge on any atom is -0.447 e. The van der Waals surface area contributed by atoms with E-state index in [0.29, 0.717) is 24.5 Å². The summed E-state index contributed by atoms with van der Waals surface area (Å²) in [5, 5.41) is 9.30. The molecule has 1 aromatic carbocycles. The molecule has 2 rings (SSSR count). The molecule has 0 aliphatic rings. The van der Waals surface area contributed by atoms with E-state index in [0.717, 1.165) is 6.42 Å². The Labute approximate surface area is 156 Å². The van der Waals surface area contributed by atoms with Gasteiger partial charge >= 0.3 is 6.09 Å². The minimum absolute atomic E-state index is 0.125. The second-order valence-corrected chi connectivity index (χ2v) is 5.57. The fraction of sp³-hybridized carbons (Fsp3) is 0.333. The molecule has 0 radical (unpaired) electrons. The number of methoxy groups -OCH3 is 1. The number of aromatic nitrogens is 2. The molecule has 0 fully saturated rings. The Morgan fingerprint density at radius 3 is 2.56 bits per heavy atom. The van der Waals surface area contributed by atoms with E-state index in [2.05, 4.69) is 15.7 Å². The van der Waals surface area contributed by atoms with Crippen LogP contribution in [0.1, 0.15) is 23.8 Å². The number of nitrogens with zero attached hydrogens (tertiary/aromatic N) is 2. The number of ether oxygens (including phenoxy) is 2. The molecule has 144 valence electrons. The van der Waals surface area contributed by atoms with Gasteiger partial charge in [0.2, 0.25) is 0 Å². The zero-order valence-corrected chi connectivity index (χ0v) is 15.2. The molecule has 0 bridgehead atoms. The number of carbonyl (C=O) groups excluding carboxylic acids is 2. The highest BCUT2D eigenvalue weighted by Crippen LogP contribution is 2.16. The van der Waals surface area contributed by atoms with E-state index in [4.69, 9.17) is 9.47 Å². The summed E-state index contributed by atoms with van der Waals surface area (Å²) in [6, 6.07) is 9.27. The fourth-order valence-electron chi connectivity index (χ4n) is 2.18. The maximum Gasteiger partial charge on any atom is 0.411 e. The summed E-state index contributed by atoms with van der Waals surface area (Å²) in [6.45, 7) is 2.79. The van der Waals surface area contributed by atoms with Crippen LogP contribution in [0.25, 0.3) is 0 Å². The Hall–Kier alpha value is -3.20. The third-order valence-corrected chi connectivity index (χ3v) is 3.42. The lowest BCUT2D eigenvalue weighted by molar-refractivity contribution is 0.101. The molecule has 2 aromatic rings. The van der Waals surface area contributed by atoms with Crippen LogP contribution >= 0.6 is 0 Å². The summed E-state index contributed by atoms with van der Waals surface area (Å²) in [5.74, 6) is -0.459. The predicted molar refractivity (Wildman–Crippen MR) is 100 cm³/mol. The molecule has 2 N–H and O–H groups in total. The van der Waals surface area contributed by atoms with Gasteiger partial charge in [-0.1, -0.05) is 13.0 Å². The normalized spacial score (nSPS) is 10.3. The van der Waals surface area contributed by atoms with Gasteiger partial charge in [0.15, 0.2) is 0 Å². The third kappa shape index (κ3) is 6.23. The zero-order valence-electron chi connectivity index (χ0n) is 15.2. The number of carbonyl (C=O) groups is 2. The summed E-state index contributed by atoms with van der Waals surface area (Å²) in [7, 11) is 1.51. The lowest BCUT2D eigenvalue weighted by Crippen LogP contribution is -2.26. The number of benzene rings is 1. The monoisotopic (exact) mass is 374 g/mol. The molecule has 27 heavy (non-hydrogen) atoms. The Bertz CT molecular complexity index is 850. The molecule has 0 unspecified atom stereocenters. The lowest BCUT2D eigenvalue weighted by atomic mass is 10.2. The standard InChI is InChI=1S/C18H22N4O5/c1-3-9-22-16(23)8-7-15(21-22)17(24)19-13-5-4-6-14(12-13)20-18(25)27-11-10-26-2/h4-8,12H,3,9-11H2,1-2H3,(H,19,24)(H,20,25). The highest BCUT2D eigenvalue weighted by atomic mass is 16.6. The fourth-order valence-corrected chi connectivity index (χ4v) is 2.18. The minimum atomic E-state index is -0.621. The average Bonchev–Trinajstić information content (AvgIpc) is 2.64. The summed E-state index contributed by atoms with van der Waals surface area (Å²) in [4.78, 5) is 35.7. The van der Waals surface area contributed by atoms with E-state index in [1.165, 1.54) is 23.9 Å². The summed E-state index contributed by atoms with van der Waals surface area (Å²) in [5.41, 5.74) is 0.788. The van der Waals surface area contributed by atoms with Gasteiger partial charge in [-0.2, -0.15) is 5.10 Å². The van der Waals surface area contributed by atoms with Crippen molar-refractivity contribution in [3.63, 3.8) is 0 Å². The molecule has 2 amide bonds. The predicted octanol–water partition coefficient (Wildman–Crippen LogP) is 2.10. The molecule has 0 saturated carbocycles. The molecule has 9 nitrogen and oxygen atoms in total. The van der Waals surface area contributed by atoms with Gasteiger partial charge in [0.05, 0.1) is 6.61 Å². The average molecular weight is 374 g/mol. The highest BCUT2D eigenvalue weighted by molar-refractivity contribution is 6.03. The van der Waals surface area contributed by atoms with Crippen LogP contribution in [0.15, 0.2) is 41.2 Å². The number of rotatable bonds is 8. The van der Waals surface area contributed by atoms with Crippen LogP contribution in [0.2, 0.25) is 0 Å². The first-order valence-electron chi connectivity index (χ1n) is 8.45. The van der Waals surface area contributed by atoms with Gasteiger partial charge in [0.25, 0.3) is 11.5 Å². The summed E-state index contributed by atoms with van der Waals surface area (Å²) >= 11 is 0. The van der Waals surface area contributed by atoms with Gasteiger partial charge in [0.1, 0.15) is 12.3 Å². The second-order valence-electron chi connectivity index (χ2n) is 5.57. The molecule has 0 aliphatic carbocycles. The van der Waals surface area contributed by atoms with Crippen molar-refractivity contribution in [2.24, 2.45) is 0 Å². The van der Waals surface area contributed by atoms with E-state index >= 15 is 0 Å². The van der Waals surface area contributed by atoms with Crippen molar-refractivity contribution >= 4 is 23.4 Å². The molecule has 9 heteroatoms. The van der Waals surface area contributed by atoms with Crippen molar-refractivity contribution in [1.82, 2.24) is 9.78 Å². The Morgan fingerprint density at radius 1 is 1.11 bits per heavy atom. The van der Waals surface area contributed by atoms with Gasteiger partial charge < -0.3 is 14.8 Å². The Morgan fingerprint density at radius 2 is 1.85 bits per heavy atom. The first-order valence-corrected chi connectivity index (χ1v) is 8.45. The van der Waals surface area contributed by atoms with Gasteiger partial charge in [-0.3, -0.25) is 14.9 Å². The van der Waals surface area contributed by atoms with Crippen molar-refractivity contribution in [3.8, 4) is 0 Å². The molecule has 1 heterocycles. The van der Waals surface area contributed by atoms with Crippen LogP contribution in [0.4, 0.5) is 16.2 Å². The van der Waals surface area contributed by atoms with E-state index in [-0.39, 0.29) is 17.9 Å². The summed E-state index contributed by atoms with van der Waals surface area (Å²) < 4.78 is 11.0. The first-order chi connectivity index (χ1) is 13.0. The lowest BCUT2D eigenvalue weighted by Gasteiger charge is -2.10. The van der Waals surface area contributed by atoms with Crippen molar-refractivity contribution in [1.29, 1.82) is 0 Å². The van der Waals surface area contributed by atoms with Crippen molar-refractivity contribution in [3.05, 3.63) is 52.4 Å². The summed E-state index contributed by atoms with van der Waals surface area (Å²) in [6.07, 6.45) is 0.107. The second kappa shape index (κ2) is 10.1. The topological polar surface area (TPSA) is 112 Å². The number of aryl methyl sites for hydroxylation is 1. The van der Waals surface area contributed by atoms with Gasteiger partial charge in [-0.25, -0.2) is 9.48 Å². The number of hydrogen-bond acceptors (Lipinski definition) is 6. The Balaban J connectivity index is 2.03. The maximum atomic E-state index is 12.4. The number of amides is 2. The SMILES string of the molecule is CCCn1nc(C(=O)Nc2cccc(NC(=O)OCCOC)c2)ccc1=O. The van der Waals surface area contributed by atoms with Crippen LogP contribution in [-0.4, -0.2) is 42.1 Å². The van der Waals surface area contributed by atoms with Gasteiger partial charge in [0, 0.05) is 31.1 Å². The van der Waals surface area contributed by atoms with Crippen LogP contribution < -0.4 is 16.2 Å². The van der Waals surface area contributed by atoms with Gasteiger partial charge in [-0.05, 0) is 30.7 Å². The molecule has 0 saturated heterocycles. The van der Waals surface area contributed by atoms with Crippen LogP contribution in [0.5, 0.6) is 0 Å². The van der Waals surface area contributed by atoms with Crippen LogP contribution in [0.3, 0.4) is 0 Å².